The molecule has 0 aliphatic rings. The summed E-state index contributed by atoms with van der Waals surface area (Å²) in [7, 11) is 4.03. The zero-order chi connectivity index (χ0) is 23.7. The normalized spacial score (nSPS) is 11.3. The highest BCUT2D eigenvalue weighted by Crippen LogP contribution is 2.29. The summed E-state index contributed by atoms with van der Waals surface area (Å²) in [6.45, 7) is 0.605. The molecule has 0 atom stereocenters. The Morgan fingerprint density at radius 1 is 1.00 bits per heavy atom. The molecule has 5 aromatic rings. The SMILES string of the molecule is CN(Cc1cnc(SCc2nc3ccccc3n2C)n1-c1ccc(Cl)cc1)c1ccc(F)cc1. The molecule has 0 spiro atoms. The predicted molar refractivity (Wildman–Crippen MR) is 137 cm³/mol. The third-order valence-corrected chi connectivity index (χ3v) is 6.96. The molecule has 0 saturated carbocycles. The molecule has 0 aliphatic heterocycles. The standard InChI is InChI=1S/C26H23ClFN5S/c1-31(20-13-9-19(28)10-14-20)16-22-15-29-26(33(22)21-11-7-18(27)8-12-21)34-17-25-30-23-5-3-4-6-24(23)32(25)2/h3-15H,16-17H2,1-2H3. The summed E-state index contributed by atoms with van der Waals surface area (Å²) < 4.78 is 17.6. The van der Waals surface area contributed by atoms with Crippen molar-refractivity contribution in [2.45, 2.75) is 17.5 Å². The predicted octanol–water partition coefficient (Wildman–Crippen LogP) is 6.48. The quantitative estimate of drug-likeness (QED) is 0.244. The third-order valence-electron chi connectivity index (χ3n) is 5.76. The number of imidazole rings is 2. The molecule has 0 saturated heterocycles. The van der Waals surface area contributed by atoms with E-state index >= 15 is 0 Å². The maximum atomic E-state index is 13.4. The zero-order valence-corrected chi connectivity index (χ0v) is 20.4. The van der Waals surface area contributed by atoms with Gasteiger partial charge in [-0.2, -0.15) is 0 Å². The minimum Gasteiger partial charge on any atom is -0.369 e. The lowest BCUT2D eigenvalue weighted by atomic mass is 10.2. The molecule has 5 rings (SSSR count). The van der Waals surface area contributed by atoms with Gasteiger partial charge in [0.25, 0.3) is 0 Å². The fraction of sp³-hybridized carbons (Fsp3) is 0.154. The number of para-hydroxylation sites is 2. The van der Waals surface area contributed by atoms with Crippen LogP contribution in [0.15, 0.2) is 84.1 Å². The molecule has 0 unspecified atom stereocenters. The van der Waals surface area contributed by atoms with Gasteiger partial charge in [-0.1, -0.05) is 35.5 Å². The summed E-state index contributed by atoms with van der Waals surface area (Å²) >= 11 is 7.79. The number of anilines is 1. The molecule has 0 bridgehead atoms. The van der Waals surface area contributed by atoms with Gasteiger partial charge >= 0.3 is 0 Å². The maximum absolute atomic E-state index is 13.4. The van der Waals surface area contributed by atoms with E-state index in [2.05, 4.69) is 20.1 Å². The van der Waals surface area contributed by atoms with Crippen molar-refractivity contribution in [2.75, 3.05) is 11.9 Å². The van der Waals surface area contributed by atoms with Gasteiger partial charge in [-0.3, -0.25) is 4.57 Å². The van der Waals surface area contributed by atoms with E-state index in [4.69, 9.17) is 21.6 Å². The summed E-state index contributed by atoms with van der Waals surface area (Å²) in [5.41, 5.74) is 5.03. The number of aromatic nitrogens is 4. The molecular weight excluding hydrogens is 469 g/mol. The van der Waals surface area contributed by atoms with Crippen LogP contribution in [0.1, 0.15) is 11.5 Å². The van der Waals surface area contributed by atoms with Crippen molar-refractivity contribution < 1.29 is 4.39 Å². The Balaban J connectivity index is 1.45. The van der Waals surface area contributed by atoms with E-state index in [1.165, 1.54) is 12.1 Å². The number of rotatable bonds is 7. The Hall–Kier alpha value is -3.29. The van der Waals surface area contributed by atoms with Crippen LogP contribution in [0.25, 0.3) is 16.7 Å². The van der Waals surface area contributed by atoms with Crippen molar-refractivity contribution in [1.82, 2.24) is 19.1 Å². The lowest BCUT2D eigenvalue weighted by Crippen LogP contribution is -2.18. The molecule has 8 heteroatoms. The second-order valence-electron chi connectivity index (χ2n) is 8.04. The number of hydrogen-bond donors (Lipinski definition) is 0. The highest BCUT2D eigenvalue weighted by molar-refractivity contribution is 7.98. The zero-order valence-electron chi connectivity index (χ0n) is 18.8. The number of aryl methyl sites for hydroxylation is 1. The average Bonchev–Trinajstić information content (AvgIpc) is 3.39. The molecule has 172 valence electrons. The van der Waals surface area contributed by atoms with Crippen LogP contribution in [0.5, 0.6) is 0 Å². The molecule has 0 amide bonds. The van der Waals surface area contributed by atoms with Crippen molar-refractivity contribution in [1.29, 1.82) is 0 Å². The number of benzene rings is 3. The van der Waals surface area contributed by atoms with E-state index in [9.17, 15) is 4.39 Å². The van der Waals surface area contributed by atoms with Gasteiger partial charge in [0.2, 0.25) is 0 Å². The topological polar surface area (TPSA) is 38.9 Å². The van der Waals surface area contributed by atoms with Gasteiger partial charge in [0.15, 0.2) is 5.16 Å². The second kappa shape index (κ2) is 9.52. The molecular formula is C26H23ClFN5S. The van der Waals surface area contributed by atoms with E-state index in [-0.39, 0.29) is 5.82 Å². The Morgan fingerprint density at radius 3 is 2.47 bits per heavy atom. The van der Waals surface area contributed by atoms with Gasteiger partial charge in [-0.05, 0) is 60.7 Å². The molecule has 0 N–H and O–H groups in total. The van der Waals surface area contributed by atoms with Crippen LogP contribution in [-0.2, 0) is 19.3 Å². The Labute approximate surface area is 206 Å². The van der Waals surface area contributed by atoms with Crippen LogP contribution in [0.3, 0.4) is 0 Å². The average molecular weight is 492 g/mol. The maximum Gasteiger partial charge on any atom is 0.173 e. The first-order chi connectivity index (χ1) is 16.5. The molecule has 0 aliphatic carbocycles. The molecule has 2 aromatic heterocycles. The molecule has 5 nitrogen and oxygen atoms in total. The number of thioether (sulfide) groups is 1. The Bertz CT molecular complexity index is 1430. The number of nitrogens with zero attached hydrogens (tertiary/aromatic N) is 5. The Morgan fingerprint density at radius 2 is 1.74 bits per heavy atom. The van der Waals surface area contributed by atoms with Gasteiger partial charge in [-0.25, -0.2) is 14.4 Å². The van der Waals surface area contributed by atoms with Gasteiger partial charge in [0, 0.05) is 30.5 Å². The monoisotopic (exact) mass is 491 g/mol. The smallest absolute Gasteiger partial charge is 0.173 e. The van der Waals surface area contributed by atoms with Crippen LogP contribution >= 0.6 is 23.4 Å². The first kappa shape index (κ1) is 22.5. The summed E-state index contributed by atoms with van der Waals surface area (Å²) in [6.07, 6.45) is 1.89. The summed E-state index contributed by atoms with van der Waals surface area (Å²) in [5.74, 6) is 1.43. The fourth-order valence-corrected chi connectivity index (χ4v) is 5.05. The molecule has 2 heterocycles. The van der Waals surface area contributed by atoms with Crippen LogP contribution in [0.2, 0.25) is 5.02 Å². The largest absolute Gasteiger partial charge is 0.369 e. The summed E-state index contributed by atoms with van der Waals surface area (Å²) in [5, 5.41) is 1.56. The second-order valence-corrected chi connectivity index (χ2v) is 9.42. The van der Waals surface area contributed by atoms with Crippen molar-refractivity contribution in [3.63, 3.8) is 0 Å². The highest BCUT2D eigenvalue weighted by Gasteiger charge is 2.16. The van der Waals surface area contributed by atoms with Gasteiger partial charge in [0.1, 0.15) is 11.6 Å². The van der Waals surface area contributed by atoms with Crippen molar-refractivity contribution in [3.8, 4) is 5.69 Å². The first-order valence-electron chi connectivity index (χ1n) is 10.8. The lowest BCUT2D eigenvalue weighted by Gasteiger charge is -2.21. The minimum atomic E-state index is -0.246. The first-order valence-corrected chi connectivity index (χ1v) is 12.2. The Kier molecular flexibility index (Phi) is 6.30. The van der Waals surface area contributed by atoms with Crippen molar-refractivity contribution in [3.05, 3.63) is 101 Å². The third kappa shape index (κ3) is 4.54. The van der Waals surface area contributed by atoms with E-state index in [0.717, 1.165) is 39.1 Å². The van der Waals surface area contributed by atoms with E-state index in [0.29, 0.717) is 17.3 Å². The van der Waals surface area contributed by atoms with Crippen molar-refractivity contribution >= 4 is 40.1 Å². The summed E-state index contributed by atoms with van der Waals surface area (Å²) in [6, 6.07) is 22.4. The van der Waals surface area contributed by atoms with Crippen LogP contribution in [-0.4, -0.2) is 26.1 Å². The van der Waals surface area contributed by atoms with Crippen LogP contribution in [0.4, 0.5) is 10.1 Å². The van der Waals surface area contributed by atoms with E-state index < -0.39 is 0 Å². The highest BCUT2D eigenvalue weighted by atomic mass is 35.5. The molecule has 34 heavy (non-hydrogen) atoms. The van der Waals surface area contributed by atoms with Crippen LogP contribution < -0.4 is 4.90 Å². The fourth-order valence-electron chi connectivity index (χ4n) is 3.93. The van der Waals surface area contributed by atoms with Gasteiger partial charge < -0.3 is 9.47 Å². The lowest BCUT2D eigenvalue weighted by molar-refractivity contribution is 0.627. The molecule has 3 aromatic carbocycles. The summed E-state index contributed by atoms with van der Waals surface area (Å²) in [4.78, 5) is 11.6. The van der Waals surface area contributed by atoms with Gasteiger partial charge in [0.05, 0.1) is 35.2 Å². The molecule has 0 radical (unpaired) electrons. The number of fused-ring (bicyclic) bond motifs is 1. The van der Waals surface area contributed by atoms with Crippen LogP contribution in [0, 0.1) is 5.82 Å². The van der Waals surface area contributed by atoms with Gasteiger partial charge in [-0.15, -0.1) is 0 Å². The minimum absolute atomic E-state index is 0.246. The van der Waals surface area contributed by atoms with E-state index in [1.807, 2.05) is 62.8 Å². The number of halogens is 2. The number of hydrogen-bond acceptors (Lipinski definition) is 4. The van der Waals surface area contributed by atoms with Crippen molar-refractivity contribution in [2.24, 2.45) is 7.05 Å². The van der Waals surface area contributed by atoms with E-state index in [1.54, 1.807) is 23.9 Å². The molecule has 0 fully saturated rings.